The van der Waals surface area contributed by atoms with E-state index in [-0.39, 0.29) is 16.1 Å². The van der Waals surface area contributed by atoms with Crippen LogP contribution in [0.2, 0.25) is 0 Å². The van der Waals surface area contributed by atoms with Crippen LogP contribution in [0.3, 0.4) is 0 Å². The minimum absolute atomic E-state index is 0.0832. The second kappa shape index (κ2) is 5.11. The molecule has 0 aliphatic rings. The van der Waals surface area contributed by atoms with Gasteiger partial charge >= 0.3 is 6.18 Å². The van der Waals surface area contributed by atoms with E-state index in [1.807, 2.05) is 5.38 Å². The fraction of sp³-hybridized carbons (Fsp3) is 0.0909. The van der Waals surface area contributed by atoms with E-state index in [0.29, 0.717) is 10.2 Å². The van der Waals surface area contributed by atoms with Gasteiger partial charge in [-0.2, -0.15) is 13.2 Å². The second-order valence-corrected chi connectivity index (χ2v) is 5.68. The maximum atomic E-state index is 12.6. The summed E-state index contributed by atoms with van der Waals surface area (Å²) >= 11 is 2.20. The lowest BCUT2D eigenvalue weighted by molar-refractivity contribution is -0.141. The lowest BCUT2D eigenvalue weighted by Crippen LogP contribution is -2.08. The smallest absolute Gasteiger partial charge is 0.383 e. The third-order valence-electron chi connectivity index (χ3n) is 2.44. The Balaban J connectivity index is 1.95. The summed E-state index contributed by atoms with van der Waals surface area (Å²) in [6.07, 6.45) is -3.47. The number of rotatable bonds is 2. The van der Waals surface area contributed by atoms with Gasteiger partial charge in [-0.25, -0.2) is 19.9 Å². The van der Waals surface area contributed by atoms with E-state index in [4.69, 9.17) is 5.73 Å². The van der Waals surface area contributed by atoms with Crippen molar-refractivity contribution in [3.8, 4) is 0 Å². The molecule has 3 rings (SSSR count). The van der Waals surface area contributed by atoms with Crippen molar-refractivity contribution >= 4 is 39.1 Å². The average molecular weight is 329 g/mol. The lowest BCUT2D eigenvalue weighted by atomic mass is 10.4. The van der Waals surface area contributed by atoms with Crippen LogP contribution in [0.4, 0.5) is 19.0 Å². The van der Waals surface area contributed by atoms with Crippen LogP contribution in [0, 0.1) is 0 Å². The van der Waals surface area contributed by atoms with Crippen LogP contribution in [0.5, 0.6) is 0 Å². The zero-order chi connectivity index (χ0) is 15.0. The molecule has 3 heterocycles. The van der Waals surface area contributed by atoms with Crippen LogP contribution >= 0.6 is 23.1 Å². The highest BCUT2D eigenvalue weighted by Gasteiger charge is 2.32. The summed E-state index contributed by atoms with van der Waals surface area (Å²) in [7, 11) is 0. The van der Waals surface area contributed by atoms with E-state index in [1.165, 1.54) is 11.3 Å². The van der Waals surface area contributed by atoms with E-state index in [2.05, 4.69) is 19.9 Å². The molecule has 0 atom stereocenters. The number of nitrogen functional groups attached to an aromatic ring is 1. The Labute approximate surface area is 124 Å². The second-order valence-electron chi connectivity index (χ2n) is 3.86. The molecule has 0 fully saturated rings. The van der Waals surface area contributed by atoms with Crippen molar-refractivity contribution in [2.45, 2.75) is 16.5 Å². The summed E-state index contributed by atoms with van der Waals surface area (Å²) in [6.45, 7) is 0. The van der Waals surface area contributed by atoms with Crippen LogP contribution in [-0.2, 0) is 6.18 Å². The molecule has 3 aromatic rings. The van der Waals surface area contributed by atoms with Crippen molar-refractivity contribution in [2.24, 2.45) is 0 Å². The van der Waals surface area contributed by atoms with Gasteiger partial charge in [-0.15, -0.1) is 11.3 Å². The summed E-state index contributed by atoms with van der Waals surface area (Å²) in [5.74, 6) is 0.274. The van der Waals surface area contributed by atoms with Gasteiger partial charge in [0.2, 0.25) is 0 Å². The highest BCUT2D eigenvalue weighted by atomic mass is 32.2. The highest BCUT2D eigenvalue weighted by Crippen LogP contribution is 2.31. The monoisotopic (exact) mass is 329 g/mol. The molecule has 0 saturated heterocycles. The number of hydrogen-bond acceptors (Lipinski definition) is 7. The average Bonchev–Trinajstić information content (AvgIpc) is 2.87. The zero-order valence-electron chi connectivity index (χ0n) is 10.1. The number of nitrogens with two attached hydrogens (primary N) is 1. The number of anilines is 1. The van der Waals surface area contributed by atoms with Gasteiger partial charge in [0.15, 0.2) is 10.3 Å². The summed E-state index contributed by atoms with van der Waals surface area (Å²) in [5.41, 5.74) is 4.77. The predicted octanol–water partition coefficient (Wildman–Crippen LogP) is 3.23. The molecule has 2 N–H and O–H groups in total. The topological polar surface area (TPSA) is 77.6 Å². The molecule has 3 aromatic heterocycles. The minimum Gasteiger partial charge on any atom is -0.383 e. The number of thiophene rings is 1. The summed E-state index contributed by atoms with van der Waals surface area (Å²) in [4.78, 5) is 16.1. The van der Waals surface area contributed by atoms with Gasteiger partial charge in [0.05, 0.1) is 5.39 Å². The molecule has 5 nitrogen and oxygen atoms in total. The Morgan fingerprint density at radius 3 is 2.67 bits per heavy atom. The number of aromatic nitrogens is 4. The molecule has 0 aromatic carbocycles. The zero-order valence-corrected chi connectivity index (χ0v) is 11.8. The molecule has 21 heavy (non-hydrogen) atoms. The molecular weight excluding hydrogens is 323 g/mol. The Morgan fingerprint density at radius 2 is 1.90 bits per heavy atom. The molecule has 0 saturated carbocycles. The fourth-order valence-electron chi connectivity index (χ4n) is 1.53. The number of nitrogens with zero attached hydrogens (tertiary/aromatic N) is 4. The Hall–Kier alpha value is -1.94. The fourth-order valence-corrected chi connectivity index (χ4v) is 3.06. The predicted molar refractivity (Wildman–Crippen MR) is 73.0 cm³/mol. The molecule has 0 aliphatic carbocycles. The van der Waals surface area contributed by atoms with Crippen molar-refractivity contribution < 1.29 is 13.2 Å². The van der Waals surface area contributed by atoms with Gasteiger partial charge in [0, 0.05) is 6.20 Å². The third kappa shape index (κ3) is 2.90. The molecule has 108 valence electrons. The van der Waals surface area contributed by atoms with E-state index in [9.17, 15) is 13.2 Å². The quantitative estimate of drug-likeness (QED) is 0.727. The van der Waals surface area contributed by atoms with E-state index in [0.717, 1.165) is 24.0 Å². The largest absolute Gasteiger partial charge is 0.433 e. The van der Waals surface area contributed by atoms with Crippen molar-refractivity contribution in [3.63, 3.8) is 0 Å². The normalized spacial score (nSPS) is 12.0. The van der Waals surface area contributed by atoms with Crippen LogP contribution in [-0.4, -0.2) is 19.9 Å². The standard InChI is InChI=1S/C11H6F3N5S2/c12-11(13,14)6-1-3-16-9(17-6)21-10-18-7(15)5-2-4-20-8(5)19-10/h1-4H,(H2,15,18,19). The number of hydrogen-bond donors (Lipinski definition) is 1. The highest BCUT2D eigenvalue weighted by molar-refractivity contribution is 7.99. The molecular formula is C11H6F3N5S2. The van der Waals surface area contributed by atoms with E-state index >= 15 is 0 Å². The molecule has 0 amide bonds. The van der Waals surface area contributed by atoms with Crippen molar-refractivity contribution in [1.82, 2.24) is 19.9 Å². The van der Waals surface area contributed by atoms with Crippen molar-refractivity contribution in [1.29, 1.82) is 0 Å². The molecule has 0 unspecified atom stereocenters. The number of halogens is 3. The van der Waals surface area contributed by atoms with E-state index in [1.54, 1.807) is 6.07 Å². The molecule has 10 heteroatoms. The SMILES string of the molecule is Nc1nc(Sc2nccc(C(F)(F)F)n2)nc2sccc12. The first-order valence-corrected chi connectivity index (χ1v) is 7.22. The lowest BCUT2D eigenvalue weighted by Gasteiger charge is -2.06. The number of alkyl halides is 3. The van der Waals surface area contributed by atoms with Gasteiger partial charge in [-0.3, -0.25) is 0 Å². The minimum atomic E-state index is -4.52. The first-order valence-electron chi connectivity index (χ1n) is 5.52. The van der Waals surface area contributed by atoms with E-state index < -0.39 is 11.9 Å². The van der Waals surface area contributed by atoms with Crippen LogP contribution < -0.4 is 5.73 Å². The van der Waals surface area contributed by atoms with Crippen LogP contribution in [0.25, 0.3) is 10.2 Å². The summed E-state index contributed by atoms with van der Waals surface area (Å²) in [5, 5.41) is 2.65. The van der Waals surface area contributed by atoms with Crippen molar-refractivity contribution in [3.05, 3.63) is 29.4 Å². The maximum Gasteiger partial charge on any atom is 0.433 e. The Bertz CT molecular complexity index is 802. The first-order chi connectivity index (χ1) is 9.93. The summed E-state index contributed by atoms with van der Waals surface area (Å²) < 4.78 is 37.8. The van der Waals surface area contributed by atoms with Gasteiger partial charge < -0.3 is 5.73 Å². The molecule has 0 spiro atoms. The Morgan fingerprint density at radius 1 is 1.10 bits per heavy atom. The van der Waals surface area contributed by atoms with Crippen LogP contribution in [0.1, 0.15) is 5.69 Å². The first kappa shape index (κ1) is 14.0. The van der Waals surface area contributed by atoms with Crippen LogP contribution in [0.15, 0.2) is 34.0 Å². The summed E-state index contributed by atoms with van der Waals surface area (Å²) in [6, 6.07) is 2.59. The third-order valence-corrected chi connectivity index (χ3v) is 3.99. The molecule has 0 bridgehead atoms. The van der Waals surface area contributed by atoms with Crippen molar-refractivity contribution in [2.75, 3.05) is 5.73 Å². The van der Waals surface area contributed by atoms with Gasteiger partial charge in [0.25, 0.3) is 0 Å². The molecule has 0 radical (unpaired) electrons. The number of fused-ring (bicyclic) bond motifs is 1. The van der Waals surface area contributed by atoms with Gasteiger partial charge in [0.1, 0.15) is 16.3 Å². The Kier molecular flexibility index (Phi) is 3.41. The maximum absolute atomic E-state index is 12.6. The van der Waals surface area contributed by atoms with Gasteiger partial charge in [-0.1, -0.05) is 0 Å². The van der Waals surface area contributed by atoms with Gasteiger partial charge in [-0.05, 0) is 29.3 Å². The molecule has 0 aliphatic heterocycles.